The van der Waals surface area contributed by atoms with Gasteiger partial charge in [0.1, 0.15) is 0 Å². The number of ether oxygens (including phenoxy) is 1. The average molecular weight is 324 g/mol. The maximum atomic E-state index is 12.7. The first kappa shape index (κ1) is 18.2. The molecule has 0 N–H and O–H groups in total. The molecule has 2 fully saturated rings. The number of likely N-dealkylation sites (tertiary alicyclic amines) is 1. The molecule has 0 aromatic carbocycles. The lowest BCUT2D eigenvalue weighted by Gasteiger charge is -2.36. The third-order valence-corrected chi connectivity index (χ3v) is 5.03. The summed E-state index contributed by atoms with van der Waals surface area (Å²) in [5.41, 5.74) is 0. The highest BCUT2D eigenvalue weighted by atomic mass is 16.5. The Bertz CT molecular complexity index is 380. The molecule has 0 atom stereocenters. The van der Waals surface area contributed by atoms with Crippen molar-refractivity contribution in [3.63, 3.8) is 0 Å². The molecule has 5 nitrogen and oxygen atoms in total. The molecule has 0 spiro atoms. The van der Waals surface area contributed by atoms with Crippen LogP contribution in [0.15, 0.2) is 0 Å². The lowest BCUT2D eigenvalue weighted by atomic mass is 9.92. The lowest BCUT2D eigenvalue weighted by Crippen LogP contribution is -2.47. The summed E-state index contributed by atoms with van der Waals surface area (Å²) in [6, 6.07) is 0. The van der Waals surface area contributed by atoms with Gasteiger partial charge in [-0.1, -0.05) is 13.8 Å². The summed E-state index contributed by atoms with van der Waals surface area (Å²) >= 11 is 0. The van der Waals surface area contributed by atoms with Crippen LogP contribution in [-0.2, 0) is 14.3 Å². The highest BCUT2D eigenvalue weighted by Gasteiger charge is 2.32. The average Bonchev–Trinajstić information content (AvgIpc) is 2.61. The highest BCUT2D eigenvalue weighted by molar-refractivity contribution is 5.81. The molecule has 2 saturated heterocycles. The van der Waals surface area contributed by atoms with Gasteiger partial charge in [-0.05, 0) is 38.5 Å². The van der Waals surface area contributed by atoms with Crippen molar-refractivity contribution in [2.75, 3.05) is 39.4 Å². The largest absolute Gasteiger partial charge is 0.381 e. The van der Waals surface area contributed by atoms with Crippen molar-refractivity contribution < 1.29 is 14.3 Å². The van der Waals surface area contributed by atoms with Gasteiger partial charge in [-0.15, -0.1) is 0 Å². The fraction of sp³-hybridized carbons (Fsp3) is 0.889. The minimum atomic E-state index is 0.104. The topological polar surface area (TPSA) is 49.9 Å². The van der Waals surface area contributed by atoms with Crippen molar-refractivity contribution in [1.29, 1.82) is 0 Å². The van der Waals surface area contributed by atoms with Crippen molar-refractivity contribution in [2.45, 2.75) is 52.4 Å². The van der Waals surface area contributed by atoms with Crippen LogP contribution in [0.1, 0.15) is 52.4 Å². The Morgan fingerprint density at radius 3 is 2.04 bits per heavy atom. The Kier molecular flexibility index (Phi) is 7.34. The van der Waals surface area contributed by atoms with E-state index in [1.807, 2.05) is 9.80 Å². The van der Waals surface area contributed by atoms with Crippen molar-refractivity contribution >= 4 is 11.8 Å². The summed E-state index contributed by atoms with van der Waals surface area (Å²) in [7, 11) is 0. The molecule has 0 saturated carbocycles. The van der Waals surface area contributed by atoms with Crippen molar-refractivity contribution in [1.82, 2.24) is 9.80 Å². The van der Waals surface area contributed by atoms with E-state index in [9.17, 15) is 9.59 Å². The number of carbonyl (C=O) groups excluding carboxylic acids is 2. The van der Waals surface area contributed by atoms with Crippen LogP contribution in [0.25, 0.3) is 0 Å². The maximum Gasteiger partial charge on any atom is 0.225 e. The number of carbonyl (C=O) groups is 2. The Hall–Kier alpha value is -1.10. The third kappa shape index (κ3) is 4.93. The summed E-state index contributed by atoms with van der Waals surface area (Å²) in [4.78, 5) is 29.2. The fourth-order valence-electron chi connectivity index (χ4n) is 3.68. The molecule has 5 heteroatoms. The number of hydrogen-bond acceptors (Lipinski definition) is 3. The van der Waals surface area contributed by atoms with E-state index in [2.05, 4.69) is 13.8 Å². The van der Waals surface area contributed by atoms with E-state index in [4.69, 9.17) is 4.74 Å². The predicted octanol–water partition coefficient (Wildman–Crippen LogP) is 2.30. The first-order valence-electron chi connectivity index (χ1n) is 9.32. The van der Waals surface area contributed by atoms with Gasteiger partial charge >= 0.3 is 0 Å². The molecule has 2 aliphatic heterocycles. The summed E-state index contributed by atoms with van der Waals surface area (Å²) in [6.07, 6.45) is 5.34. The summed E-state index contributed by atoms with van der Waals surface area (Å²) < 4.78 is 5.34. The van der Waals surface area contributed by atoms with Gasteiger partial charge in [0.15, 0.2) is 0 Å². The Morgan fingerprint density at radius 2 is 1.52 bits per heavy atom. The van der Waals surface area contributed by atoms with Gasteiger partial charge in [-0.2, -0.15) is 0 Å². The SMILES string of the molecule is CCCN(CCC)C(=O)C1CCN(C(=O)C2CCOCC2)CC1. The quantitative estimate of drug-likeness (QED) is 0.753. The molecule has 0 aliphatic carbocycles. The summed E-state index contributed by atoms with van der Waals surface area (Å²) in [5, 5.41) is 0. The second kappa shape index (κ2) is 9.26. The second-order valence-corrected chi connectivity index (χ2v) is 6.81. The van der Waals surface area contributed by atoms with Gasteiger partial charge in [0.25, 0.3) is 0 Å². The number of piperidine rings is 1. The van der Waals surface area contributed by atoms with E-state index in [0.717, 1.165) is 64.7 Å². The van der Waals surface area contributed by atoms with Crippen molar-refractivity contribution in [2.24, 2.45) is 11.8 Å². The van der Waals surface area contributed by atoms with Gasteiger partial charge in [0.05, 0.1) is 0 Å². The van der Waals surface area contributed by atoms with Crippen molar-refractivity contribution in [3.8, 4) is 0 Å². The van der Waals surface area contributed by atoms with E-state index in [-0.39, 0.29) is 17.7 Å². The molecule has 2 aliphatic rings. The number of rotatable bonds is 6. The monoisotopic (exact) mass is 324 g/mol. The van der Waals surface area contributed by atoms with Crippen LogP contribution in [0.5, 0.6) is 0 Å². The summed E-state index contributed by atoms with van der Waals surface area (Å²) in [5.74, 6) is 0.810. The van der Waals surface area contributed by atoms with Crippen molar-refractivity contribution in [3.05, 3.63) is 0 Å². The van der Waals surface area contributed by atoms with E-state index < -0.39 is 0 Å². The first-order valence-corrected chi connectivity index (χ1v) is 9.32. The van der Waals surface area contributed by atoms with Gasteiger partial charge in [0, 0.05) is 51.2 Å². The van der Waals surface area contributed by atoms with Crippen LogP contribution in [0.3, 0.4) is 0 Å². The molecule has 0 bridgehead atoms. The molecular weight excluding hydrogens is 292 g/mol. The number of hydrogen-bond donors (Lipinski definition) is 0. The zero-order chi connectivity index (χ0) is 16.7. The number of amides is 2. The van der Waals surface area contributed by atoms with Crippen LogP contribution in [0, 0.1) is 11.8 Å². The van der Waals surface area contributed by atoms with Gasteiger partial charge < -0.3 is 14.5 Å². The van der Waals surface area contributed by atoms with Crippen LogP contribution < -0.4 is 0 Å². The molecule has 0 aromatic rings. The molecule has 23 heavy (non-hydrogen) atoms. The molecule has 2 heterocycles. The third-order valence-electron chi connectivity index (χ3n) is 5.03. The first-order chi connectivity index (χ1) is 11.2. The molecule has 0 radical (unpaired) electrons. The van der Waals surface area contributed by atoms with Gasteiger partial charge in [0.2, 0.25) is 11.8 Å². The molecule has 132 valence electrons. The van der Waals surface area contributed by atoms with Gasteiger partial charge in [-0.25, -0.2) is 0 Å². The molecule has 0 aromatic heterocycles. The van der Waals surface area contributed by atoms with Crippen LogP contribution in [0.4, 0.5) is 0 Å². The van der Waals surface area contributed by atoms with Crippen LogP contribution in [0.2, 0.25) is 0 Å². The normalized spacial score (nSPS) is 20.5. The Labute approximate surface area is 140 Å². The van der Waals surface area contributed by atoms with Crippen LogP contribution in [-0.4, -0.2) is 61.0 Å². The zero-order valence-corrected chi connectivity index (χ0v) is 14.8. The van der Waals surface area contributed by atoms with E-state index >= 15 is 0 Å². The molecule has 0 unspecified atom stereocenters. The number of nitrogens with zero attached hydrogens (tertiary/aromatic N) is 2. The highest BCUT2D eigenvalue weighted by Crippen LogP contribution is 2.24. The fourth-order valence-corrected chi connectivity index (χ4v) is 3.68. The Balaban J connectivity index is 1.82. The Morgan fingerprint density at radius 1 is 0.957 bits per heavy atom. The molecule has 2 rings (SSSR count). The standard InChI is InChI=1S/C18H32N2O3/c1-3-9-19(10-4-2)17(21)15-5-11-20(12-6-15)18(22)16-7-13-23-14-8-16/h15-16H,3-14H2,1-2H3. The minimum Gasteiger partial charge on any atom is -0.381 e. The van der Waals surface area contributed by atoms with E-state index in [1.165, 1.54) is 0 Å². The smallest absolute Gasteiger partial charge is 0.225 e. The zero-order valence-electron chi connectivity index (χ0n) is 14.8. The molecular formula is C18H32N2O3. The second-order valence-electron chi connectivity index (χ2n) is 6.81. The predicted molar refractivity (Wildman–Crippen MR) is 90.0 cm³/mol. The lowest BCUT2D eigenvalue weighted by molar-refractivity contribution is -0.144. The summed E-state index contributed by atoms with van der Waals surface area (Å²) in [6.45, 7) is 8.82. The van der Waals surface area contributed by atoms with Gasteiger partial charge in [-0.3, -0.25) is 9.59 Å². The van der Waals surface area contributed by atoms with E-state index in [1.54, 1.807) is 0 Å². The minimum absolute atomic E-state index is 0.104. The molecule has 2 amide bonds. The van der Waals surface area contributed by atoms with Crippen LogP contribution >= 0.6 is 0 Å². The van der Waals surface area contributed by atoms with E-state index in [0.29, 0.717) is 19.1 Å². The maximum absolute atomic E-state index is 12.7.